The Morgan fingerprint density at radius 2 is 1.67 bits per heavy atom. The Balaban J connectivity index is 1.74. The highest BCUT2D eigenvalue weighted by molar-refractivity contribution is 6.30. The molecule has 3 rings (SSSR count). The summed E-state index contributed by atoms with van der Waals surface area (Å²) in [5, 5.41) is 6.33. The maximum atomic E-state index is 12.9. The van der Waals surface area contributed by atoms with Gasteiger partial charge in [-0.3, -0.25) is 9.59 Å². The summed E-state index contributed by atoms with van der Waals surface area (Å²) in [5.74, 6) is -0.0234. The highest BCUT2D eigenvalue weighted by Gasteiger charge is 2.56. The van der Waals surface area contributed by atoms with E-state index in [0.717, 1.165) is 5.56 Å². The number of nitrogens with one attached hydrogen (secondary N) is 2. The second-order valence-corrected chi connectivity index (χ2v) is 7.55. The standard InChI is InChI=1S/C21H23ClN2O3/c1-13(2)27-18-7-5-4-6-17(18)24-20(26)21(10-11-21)19(25)23-16-9-8-15(22)12-14(16)3/h4-9,12-13H,10-11H2,1-3H3,(H,23,25)(H,24,26). The molecule has 0 bridgehead atoms. The lowest BCUT2D eigenvalue weighted by Crippen LogP contribution is -2.36. The van der Waals surface area contributed by atoms with Gasteiger partial charge in [-0.25, -0.2) is 0 Å². The summed E-state index contributed by atoms with van der Waals surface area (Å²) in [7, 11) is 0. The van der Waals surface area contributed by atoms with Crippen molar-refractivity contribution < 1.29 is 14.3 Å². The van der Waals surface area contributed by atoms with Crippen LogP contribution in [0.5, 0.6) is 5.75 Å². The smallest absolute Gasteiger partial charge is 0.240 e. The van der Waals surface area contributed by atoms with Gasteiger partial charge in [-0.15, -0.1) is 0 Å². The molecule has 0 radical (unpaired) electrons. The minimum absolute atomic E-state index is 0.0193. The number of carbonyl (C=O) groups is 2. The van der Waals surface area contributed by atoms with Gasteiger partial charge in [0.2, 0.25) is 11.8 Å². The number of anilines is 2. The van der Waals surface area contributed by atoms with Crippen LogP contribution in [0.3, 0.4) is 0 Å². The van der Waals surface area contributed by atoms with Crippen LogP contribution in [0.1, 0.15) is 32.3 Å². The second-order valence-electron chi connectivity index (χ2n) is 7.11. The molecule has 2 amide bonds. The van der Waals surface area contributed by atoms with Crippen LogP contribution in [0.25, 0.3) is 0 Å². The molecule has 0 unspecified atom stereocenters. The maximum absolute atomic E-state index is 12.9. The van der Waals surface area contributed by atoms with Crippen LogP contribution in [0, 0.1) is 12.3 Å². The number of halogens is 1. The van der Waals surface area contributed by atoms with Crippen molar-refractivity contribution in [3.8, 4) is 5.75 Å². The molecule has 0 atom stereocenters. The van der Waals surface area contributed by atoms with E-state index in [-0.39, 0.29) is 17.9 Å². The van der Waals surface area contributed by atoms with Gasteiger partial charge in [-0.05, 0) is 69.5 Å². The Bertz CT molecular complexity index is 875. The third-order valence-electron chi connectivity index (χ3n) is 4.55. The molecule has 0 aromatic heterocycles. The molecular weight excluding hydrogens is 364 g/mol. The number of carbonyl (C=O) groups excluding carboxylic acids is 2. The van der Waals surface area contributed by atoms with Crippen LogP contribution in [0.2, 0.25) is 5.02 Å². The fraction of sp³-hybridized carbons (Fsp3) is 0.333. The van der Waals surface area contributed by atoms with E-state index in [0.29, 0.717) is 35.0 Å². The van der Waals surface area contributed by atoms with Crippen molar-refractivity contribution in [1.29, 1.82) is 0 Å². The summed E-state index contributed by atoms with van der Waals surface area (Å²) in [6.45, 7) is 5.70. The summed E-state index contributed by atoms with van der Waals surface area (Å²) >= 11 is 5.96. The topological polar surface area (TPSA) is 67.4 Å². The van der Waals surface area contributed by atoms with Crippen LogP contribution in [0.4, 0.5) is 11.4 Å². The Hall–Kier alpha value is -2.53. The zero-order chi connectivity index (χ0) is 19.6. The van der Waals surface area contributed by atoms with E-state index in [9.17, 15) is 9.59 Å². The molecule has 0 aliphatic heterocycles. The Kier molecular flexibility index (Phi) is 5.42. The quantitative estimate of drug-likeness (QED) is 0.701. The van der Waals surface area contributed by atoms with Gasteiger partial charge >= 0.3 is 0 Å². The summed E-state index contributed by atoms with van der Waals surface area (Å²) in [4.78, 5) is 25.6. The normalized spacial score (nSPS) is 14.6. The number of rotatable bonds is 6. The predicted octanol–water partition coefficient (Wildman–Crippen LogP) is 4.79. The number of aryl methyl sites for hydroxylation is 1. The Labute approximate surface area is 164 Å². The highest BCUT2D eigenvalue weighted by atomic mass is 35.5. The Morgan fingerprint density at radius 3 is 2.26 bits per heavy atom. The van der Waals surface area contributed by atoms with E-state index >= 15 is 0 Å². The number of benzene rings is 2. The monoisotopic (exact) mass is 386 g/mol. The number of ether oxygens (including phenoxy) is 1. The highest BCUT2D eigenvalue weighted by Crippen LogP contribution is 2.48. The van der Waals surface area contributed by atoms with Gasteiger partial charge in [0.05, 0.1) is 11.8 Å². The first-order chi connectivity index (χ1) is 12.8. The van der Waals surface area contributed by atoms with E-state index in [1.165, 1.54) is 0 Å². The van der Waals surface area contributed by atoms with Gasteiger partial charge in [0, 0.05) is 10.7 Å². The molecule has 1 aliphatic carbocycles. The summed E-state index contributed by atoms with van der Waals surface area (Å²) in [5.41, 5.74) is 1.03. The first kappa shape index (κ1) is 19.2. The van der Waals surface area contributed by atoms with Gasteiger partial charge in [0.15, 0.2) is 0 Å². The minimum atomic E-state index is -1.04. The van der Waals surface area contributed by atoms with Crippen LogP contribution in [-0.2, 0) is 9.59 Å². The maximum Gasteiger partial charge on any atom is 0.240 e. The molecule has 2 aromatic rings. The molecule has 0 spiro atoms. The van der Waals surface area contributed by atoms with Crippen LogP contribution in [-0.4, -0.2) is 17.9 Å². The number of hydrogen-bond acceptors (Lipinski definition) is 3. The molecule has 1 fully saturated rings. The third kappa shape index (κ3) is 4.25. The molecule has 6 heteroatoms. The Morgan fingerprint density at radius 1 is 1.04 bits per heavy atom. The van der Waals surface area contributed by atoms with E-state index in [1.807, 2.05) is 32.9 Å². The molecule has 1 saturated carbocycles. The lowest BCUT2D eigenvalue weighted by atomic mass is 10.0. The zero-order valence-electron chi connectivity index (χ0n) is 15.6. The van der Waals surface area contributed by atoms with Gasteiger partial charge in [0.25, 0.3) is 0 Å². The van der Waals surface area contributed by atoms with Crippen molar-refractivity contribution in [3.05, 3.63) is 53.1 Å². The van der Waals surface area contributed by atoms with E-state index in [2.05, 4.69) is 10.6 Å². The van der Waals surface area contributed by atoms with Crippen LogP contribution >= 0.6 is 11.6 Å². The lowest BCUT2D eigenvalue weighted by molar-refractivity contribution is -0.131. The average Bonchev–Trinajstić information content (AvgIpc) is 3.40. The third-order valence-corrected chi connectivity index (χ3v) is 4.79. The summed E-state index contributed by atoms with van der Waals surface area (Å²) in [6, 6.07) is 12.5. The molecular formula is C21H23ClN2O3. The minimum Gasteiger partial charge on any atom is -0.489 e. The van der Waals surface area contributed by atoms with Gasteiger partial charge < -0.3 is 15.4 Å². The molecule has 1 aliphatic rings. The molecule has 27 heavy (non-hydrogen) atoms. The lowest BCUT2D eigenvalue weighted by Gasteiger charge is -2.19. The van der Waals surface area contributed by atoms with Crippen LogP contribution < -0.4 is 15.4 Å². The summed E-state index contributed by atoms with van der Waals surface area (Å²) in [6.07, 6.45) is 1.02. The van der Waals surface area contributed by atoms with Crippen molar-refractivity contribution in [2.24, 2.45) is 5.41 Å². The van der Waals surface area contributed by atoms with E-state index in [1.54, 1.807) is 30.3 Å². The second kappa shape index (κ2) is 7.61. The van der Waals surface area contributed by atoms with Gasteiger partial charge in [-0.1, -0.05) is 23.7 Å². The SMILES string of the molecule is Cc1cc(Cl)ccc1NC(=O)C1(C(=O)Nc2ccccc2OC(C)C)CC1. The molecule has 5 nitrogen and oxygen atoms in total. The van der Waals surface area contributed by atoms with E-state index < -0.39 is 5.41 Å². The first-order valence-corrected chi connectivity index (χ1v) is 9.34. The summed E-state index contributed by atoms with van der Waals surface area (Å²) < 4.78 is 5.73. The molecule has 142 valence electrons. The molecule has 0 saturated heterocycles. The van der Waals surface area contributed by atoms with Crippen molar-refractivity contribution in [2.75, 3.05) is 10.6 Å². The van der Waals surface area contributed by atoms with Crippen molar-refractivity contribution in [3.63, 3.8) is 0 Å². The predicted molar refractivity (Wildman–Crippen MR) is 107 cm³/mol. The molecule has 2 N–H and O–H groups in total. The number of para-hydroxylation sites is 2. The molecule has 2 aromatic carbocycles. The van der Waals surface area contributed by atoms with Gasteiger partial charge in [0.1, 0.15) is 11.2 Å². The molecule has 0 heterocycles. The van der Waals surface area contributed by atoms with Gasteiger partial charge in [-0.2, -0.15) is 0 Å². The zero-order valence-corrected chi connectivity index (χ0v) is 16.4. The average molecular weight is 387 g/mol. The first-order valence-electron chi connectivity index (χ1n) is 8.96. The number of hydrogen-bond donors (Lipinski definition) is 2. The fourth-order valence-corrected chi connectivity index (χ4v) is 3.09. The van der Waals surface area contributed by atoms with Crippen molar-refractivity contribution in [1.82, 2.24) is 0 Å². The van der Waals surface area contributed by atoms with E-state index in [4.69, 9.17) is 16.3 Å². The van der Waals surface area contributed by atoms with Crippen molar-refractivity contribution in [2.45, 2.75) is 39.7 Å². The largest absolute Gasteiger partial charge is 0.489 e. The number of amides is 2. The van der Waals surface area contributed by atoms with Crippen molar-refractivity contribution >= 4 is 34.8 Å². The van der Waals surface area contributed by atoms with Crippen LogP contribution in [0.15, 0.2) is 42.5 Å². The fourth-order valence-electron chi connectivity index (χ4n) is 2.86.